The predicted molar refractivity (Wildman–Crippen MR) is 81.7 cm³/mol. The first-order chi connectivity index (χ1) is 11.1. The van der Waals surface area contributed by atoms with Gasteiger partial charge in [-0.25, -0.2) is 0 Å². The van der Waals surface area contributed by atoms with E-state index < -0.39 is 5.79 Å². The molecule has 1 spiro atoms. The lowest BCUT2D eigenvalue weighted by molar-refractivity contribution is -0.187. The Morgan fingerprint density at radius 2 is 1.87 bits per heavy atom. The van der Waals surface area contributed by atoms with Crippen molar-refractivity contribution in [2.45, 2.75) is 44.5 Å². The van der Waals surface area contributed by atoms with Crippen molar-refractivity contribution < 1.29 is 23.8 Å². The number of hydrogen-bond acceptors (Lipinski definition) is 5. The fraction of sp³-hybridized carbons (Fsp3) is 0.875. The van der Waals surface area contributed by atoms with Crippen LogP contribution in [-0.2, 0) is 23.8 Å². The second kappa shape index (κ2) is 7.15. The Balaban J connectivity index is 1.49. The highest BCUT2D eigenvalue weighted by molar-refractivity contribution is 5.84. The molecule has 3 saturated heterocycles. The van der Waals surface area contributed by atoms with Crippen LogP contribution in [0.15, 0.2) is 0 Å². The largest absolute Gasteiger partial charge is 0.376 e. The van der Waals surface area contributed by atoms with Crippen LogP contribution in [0.1, 0.15) is 32.6 Å². The molecule has 1 unspecified atom stereocenters. The van der Waals surface area contributed by atoms with Crippen LogP contribution in [0.3, 0.4) is 0 Å². The van der Waals surface area contributed by atoms with Crippen molar-refractivity contribution >= 4 is 11.8 Å². The molecule has 3 aliphatic heterocycles. The molecule has 0 aromatic carbocycles. The van der Waals surface area contributed by atoms with E-state index in [2.05, 4.69) is 0 Å². The maximum Gasteiger partial charge on any atom is 0.242 e. The Bertz CT molecular complexity index is 434. The quantitative estimate of drug-likeness (QED) is 0.747. The summed E-state index contributed by atoms with van der Waals surface area (Å²) in [5, 5.41) is 0. The molecule has 0 radical (unpaired) electrons. The highest BCUT2D eigenvalue weighted by Crippen LogP contribution is 2.31. The molecule has 0 aromatic heterocycles. The molecular weight excluding hydrogens is 300 g/mol. The van der Waals surface area contributed by atoms with Crippen LogP contribution in [0.5, 0.6) is 0 Å². The van der Waals surface area contributed by atoms with E-state index in [0.29, 0.717) is 45.7 Å². The summed E-state index contributed by atoms with van der Waals surface area (Å²) in [5.74, 6) is -0.565. The third-order valence-corrected chi connectivity index (χ3v) is 4.91. The van der Waals surface area contributed by atoms with Crippen LogP contribution in [-0.4, -0.2) is 79.5 Å². The minimum atomic E-state index is -0.477. The number of ether oxygens (including phenoxy) is 3. The zero-order chi connectivity index (χ0) is 16.3. The first-order valence-corrected chi connectivity index (χ1v) is 8.51. The molecule has 7 nitrogen and oxygen atoms in total. The van der Waals surface area contributed by atoms with E-state index in [1.807, 2.05) is 4.90 Å². The monoisotopic (exact) mass is 326 g/mol. The normalized spacial score (nSPS) is 26.7. The molecule has 130 valence electrons. The molecule has 3 rings (SSSR count). The minimum Gasteiger partial charge on any atom is -0.376 e. The van der Waals surface area contributed by atoms with Gasteiger partial charge in [0.2, 0.25) is 11.8 Å². The lowest BCUT2D eigenvalue weighted by atomic mass is 10.0. The van der Waals surface area contributed by atoms with E-state index in [4.69, 9.17) is 14.2 Å². The fourth-order valence-electron chi connectivity index (χ4n) is 3.48. The Morgan fingerprint density at radius 1 is 1.17 bits per heavy atom. The van der Waals surface area contributed by atoms with Gasteiger partial charge in [-0.2, -0.15) is 0 Å². The number of carbonyl (C=O) groups is 2. The molecule has 0 N–H and O–H groups in total. The van der Waals surface area contributed by atoms with Crippen molar-refractivity contribution in [1.82, 2.24) is 9.80 Å². The third-order valence-electron chi connectivity index (χ3n) is 4.91. The molecule has 3 heterocycles. The summed E-state index contributed by atoms with van der Waals surface area (Å²) in [6.45, 7) is 5.39. The number of rotatable bonds is 4. The topological polar surface area (TPSA) is 68.3 Å². The van der Waals surface area contributed by atoms with Gasteiger partial charge in [0.1, 0.15) is 0 Å². The first kappa shape index (κ1) is 16.7. The summed E-state index contributed by atoms with van der Waals surface area (Å²) in [4.78, 5) is 27.7. The summed E-state index contributed by atoms with van der Waals surface area (Å²) in [6, 6.07) is 0. The van der Waals surface area contributed by atoms with Crippen molar-refractivity contribution in [3.05, 3.63) is 0 Å². The molecule has 2 amide bonds. The summed E-state index contributed by atoms with van der Waals surface area (Å²) in [7, 11) is 0. The highest BCUT2D eigenvalue weighted by Gasteiger charge is 2.41. The number of nitrogens with zero attached hydrogens (tertiary/aromatic N) is 2. The Morgan fingerprint density at radius 3 is 2.43 bits per heavy atom. The van der Waals surface area contributed by atoms with Gasteiger partial charge in [-0.15, -0.1) is 0 Å². The number of carbonyl (C=O) groups excluding carboxylic acids is 2. The highest BCUT2D eigenvalue weighted by atomic mass is 16.7. The first-order valence-electron chi connectivity index (χ1n) is 8.51. The van der Waals surface area contributed by atoms with Crippen LogP contribution in [0.2, 0.25) is 0 Å². The molecule has 3 aliphatic rings. The summed E-state index contributed by atoms with van der Waals surface area (Å²) in [5.41, 5.74) is 0. The molecule has 0 aliphatic carbocycles. The lowest BCUT2D eigenvalue weighted by Crippen LogP contribution is -2.51. The van der Waals surface area contributed by atoms with Crippen LogP contribution in [0.25, 0.3) is 0 Å². The molecule has 7 heteroatoms. The maximum atomic E-state index is 12.5. The second-order valence-electron chi connectivity index (χ2n) is 6.52. The van der Waals surface area contributed by atoms with Gasteiger partial charge < -0.3 is 24.0 Å². The van der Waals surface area contributed by atoms with E-state index in [1.165, 1.54) is 6.92 Å². The zero-order valence-corrected chi connectivity index (χ0v) is 13.8. The standard InChI is InChI=1S/C16H26N2O5/c1-13(19)18(11-14-3-2-8-21-14)12-15(20)17-6-4-16(5-7-17)22-9-10-23-16/h14H,2-12H2,1H3. The number of amides is 2. The van der Waals surface area contributed by atoms with Gasteiger partial charge in [0.05, 0.1) is 25.9 Å². The van der Waals surface area contributed by atoms with E-state index in [0.717, 1.165) is 19.4 Å². The molecule has 1 atom stereocenters. The average Bonchev–Trinajstić information content (AvgIpc) is 3.19. The van der Waals surface area contributed by atoms with Gasteiger partial charge in [-0.3, -0.25) is 9.59 Å². The Kier molecular flexibility index (Phi) is 5.18. The van der Waals surface area contributed by atoms with E-state index >= 15 is 0 Å². The average molecular weight is 326 g/mol. The summed E-state index contributed by atoms with van der Waals surface area (Å²) in [6.07, 6.45) is 3.45. The zero-order valence-electron chi connectivity index (χ0n) is 13.8. The second-order valence-corrected chi connectivity index (χ2v) is 6.52. The van der Waals surface area contributed by atoms with Gasteiger partial charge in [0.25, 0.3) is 0 Å². The molecule has 23 heavy (non-hydrogen) atoms. The smallest absolute Gasteiger partial charge is 0.242 e. The van der Waals surface area contributed by atoms with Crippen molar-refractivity contribution in [3.8, 4) is 0 Å². The molecule has 0 aromatic rings. The number of hydrogen-bond donors (Lipinski definition) is 0. The van der Waals surface area contributed by atoms with Crippen molar-refractivity contribution in [2.75, 3.05) is 46.0 Å². The van der Waals surface area contributed by atoms with Crippen LogP contribution in [0, 0.1) is 0 Å². The van der Waals surface area contributed by atoms with Crippen molar-refractivity contribution in [1.29, 1.82) is 0 Å². The third kappa shape index (κ3) is 4.02. The molecule has 0 bridgehead atoms. The van der Waals surface area contributed by atoms with Crippen LogP contribution < -0.4 is 0 Å². The van der Waals surface area contributed by atoms with Gasteiger partial charge >= 0.3 is 0 Å². The van der Waals surface area contributed by atoms with E-state index in [-0.39, 0.29) is 24.5 Å². The minimum absolute atomic E-state index is 0.00829. The van der Waals surface area contributed by atoms with Crippen LogP contribution >= 0.6 is 0 Å². The molecule has 0 saturated carbocycles. The van der Waals surface area contributed by atoms with Gasteiger partial charge in [-0.1, -0.05) is 0 Å². The van der Waals surface area contributed by atoms with Gasteiger partial charge in [0.15, 0.2) is 5.79 Å². The summed E-state index contributed by atoms with van der Waals surface area (Å²) < 4.78 is 16.9. The van der Waals surface area contributed by atoms with E-state index in [9.17, 15) is 9.59 Å². The summed E-state index contributed by atoms with van der Waals surface area (Å²) >= 11 is 0. The maximum absolute atomic E-state index is 12.5. The fourth-order valence-corrected chi connectivity index (χ4v) is 3.48. The SMILES string of the molecule is CC(=O)N(CC(=O)N1CCC2(CC1)OCCO2)CC1CCCO1. The van der Waals surface area contributed by atoms with Crippen molar-refractivity contribution in [2.24, 2.45) is 0 Å². The number of piperidine rings is 1. The predicted octanol–water partition coefficient (Wildman–Crippen LogP) is 0.379. The Hall–Kier alpha value is -1.18. The van der Waals surface area contributed by atoms with Gasteiger partial charge in [-0.05, 0) is 12.8 Å². The molecule has 3 fully saturated rings. The van der Waals surface area contributed by atoms with E-state index in [1.54, 1.807) is 4.90 Å². The lowest BCUT2D eigenvalue weighted by Gasteiger charge is -2.38. The van der Waals surface area contributed by atoms with Crippen molar-refractivity contribution in [3.63, 3.8) is 0 Å². The van der Waals surface area contributed by atoms with Crippen LogP contribution in [0.4, 0.5) is 0 Å². The Labute approximate surface area is 136 Å². The van der Waals surface area contributed by atoms with Gasteiger partial charge in [0, 0.05) is 46.0 Å². The molecular formula is C16H26N2O5. The number of likely N-dealkylation sites (tertiary alicyclic amines) is 1.